The van der Waals surface area contributed by atoms with E-state index in [1.165, 1.54) is 7.11 Å². The molecule has 1 rings (SSSR count). The number of carbonyl (C=O) groups is 1. The molecule has 0 aliphatic heterocycles. The van der Waals surface area contributed by atoms with Gasteiger partial charge in [0.25, 0.3) is 0 Å². The van der Waals surface area contributed by atoms with E-state index in [0.717, 1.165) is 5.82 Å². The third kappa shape index (κ3) is 3.08. The van der Waals surface area contributed by atoms with E-state index in [1.54, 1.807) is 4.68 Å². The Morgan fingerprint density at radius 2 is 2.50 bits per heavy atom. The number of ether oxygens (including phenoxy) is 1. The number of aryl methyl sites for hydroxylation is 1. The molecule has 0 fully saturated rings. The number of anilines is 1. The summed E-state index contributed by atoms with van der Waals surface area (Å²) in [7, 11) is 3.23. The molecule has 0 radical (unpaired) electrons. The smallest absolute Gasteiger partial charge is 0.307 e. The molecule has 1 N–H and O–H groups in total. The SMILES string of the molecule is COC(=O)CC(C)Nc1ccn(C)n1. The zero-order valence-electron chi connectivity index (χ0n) is 8.65. The fraction of sp³-hybridized carbons (Fsp3) is 0.556. The Hall–Kier alpha value is -1.52. The predicted molar refractivity (Wildman–Crippen MR) is 52.9 cm³/mol. The van der Waals surface area contributed by atoms with E-state index in [-0.39, 0.29) is 12.0 Å². The van der Waals surface area contributed by atoms with Crippen LogP contribution in [0, 0.1) is 0 Å². The largest absolute Gasteiger partial charge is 0.469 e. The van der Waals surface area contributed by atoms with Gasteiger partial charge in [-0.1, -0.05) is 0 Å². The molecule has 0 aliphatic carbocycles. The van der Waals surface area contributed by atoms with Crippen LogP contribution in [0.15, 0.2) is 12.3 Å². The van der Waals surface area contributed by atoms with Gasteiger partial charge in [-0.15, -0.1) is 0 Å². The van der Waals surface area contributed by atoms with Crippen LogP contribution < -0.4 is 5.32 Å². The first-order chi connectivity index (χ1) is 6.61. The number of methoxy groups -OCH3 is 1. The van der Waals surface area contributed by atoms with Crippen molar-refractivity contribution in [3.05, 3.63) is 12.3 Å². The molecular weight excluding hydrogens is 182 g/mol. The lowest BCUT2D eigenvalue weighted by Gasteiger charge is -2.10. The maximum absolute atomic E-state index is 10.9. The Morgan fingerprint density at radius 1 is 1.79 bits per heavy atom. The van der Waals surface area contributed by atoms with Crippen LogP contribution in [0.4, 0.5) is 5.82 Å². The fourth-order valence-electron chi connectivity index (χ4n) is 1.13. The van der Waals surface area contributed by atoms with Crippen LogP contribution in [-0.2, 0) is 16.6 Å². The van der Waals surface area contributed by atoms with Gasteiger partial charge in [0.05, 0.1) is 13.5 Å². The van der Waals surface area contributed by atoms with Gasteiger partial charge in [0.1, 0.15) is 5.82 Å². The molecule has 0 bridgehead atoms. The number of nitrogens with zero attached hydrogens (tertiary/aromatic N) is 2. The zero-order chi connectivity index (χ0) is 10.6. The third-order valence-electron chi connectivity index (χ3n) is 1.81. The molecule has 0 aliphatic rings. The quantitative estimate of drug-likeness (QED) is 0.725. The van der Waals surface area contributed by atoms with Gasteiger partial charge in [0.2, 0.25) is 0 Å². The minimum absolute atomic E-state index is 0.0253. The van der Waals surface area contributed by atoms with E-state index in [0.29, 0.717) is 6.42 Å². The molecule has 1 heterocycles. The highest BCUT2D eigenvalue weighted by Gasteiger charge is 2.09. The number of nitrogens with one attached hydrogen (secondary N) is 1. The van der Waals surface area contributed by atoms with Crippen molar-refractivity contribution in [3.63, 3.8) is 0 Å². The molecular formula is C9H15N3O2. The van der Waals surface area contributed by atoms with Crippen molar-refractivity contribution >= 4 is 11.8 Å². The van der Waals surface area contributed by atoms with Crippen LogP contribution in [0.2, 0.25) is 0 Å². The standard InChI is InChI=1S/C9H15N3O2/c1-7(6-9(13)14-3)10-8-4-5-12(2)11-8/h4-5,7H,6H2,1-3H3,(H,10,11). The summed E-state index contributed by atoms with van der Waals surface area (Å²) in [6.45, 7) is 1.91. The van der Waals surface area contributed by atoms with Crippen molar-refractivity contribution in [2.45, 2.75) is 19.4 Å². The molecule has 0 aromatic carbocycles. The van der Waals surface area contributed by atoms with Gasteiger partial charge < -0.3 is 10.1 Å². The summed E-state index contributed by atoms with van der Waals surface area (Å²) in [5, 5.41) is 7.23. The highest BCUT2D eigenvalue weighted by molar-refractivity contribution is 5.70. The normalized spacial score (nSPS) is 12.2. The summed E-state index contributed by atoms with van der Waals surface area (Å²) >= 11 is 0. The number of aromatic nitrogens is 2. The zero-order valence-corrected chi connectivity index (χ0v) is 8.65. The average molecular weight is 197 g/mol. The molecule has 1 aromatic heterocycles. The lowest BCUT2D eigenvalue weighted by Crippen LogP contribution is -2.20. The van der Waals surface area contributed by atoms with E-state index >= 15 is 0 Å². The first-order valence-electron chi connectivity index (χ1n) is 4.45. The van der Waals surface area contributed by atoms with Crippen molar-refractivity contribution in [1.82, 2.24) is 9.78 Å². The maximum Gasteiger partial charge on any atom is 0.307 e. The Kier molecular flexibility index (Phi) is 3.50. The average Bonchev–Trinajstić information content (AvgIpc) is 2.50. The molecule has 0 saturated carbocycles. The fourth-order valence-corrected chi connectivity index (χ4v) is 1.13. The van der Waals surface area contributed by atoms with Crippen molar-refractivity contribution in [2.24, 2.45) is 7.05 Å². The molecule has 1 unspecified atom stereocenters. The minimum atomic E-state index is -0.221. The highest BCUT2D eigenvalue weighted by Crippen LogP contribution is 2.05. The summed E-state index contributed by atoms with van der Waals surface area (Å²) in [4.78, 5) is 10.9. The maximum atomic E-state index is 10.9. The molecule has 1 atom stereocenters. The van der Waals surface area contributed by atoms with Crippen LogP contribution in [0.1, 0.15) is 13.3 Å². The van der Waals surface area contributed by atoms with E-state index < -0.39 is 0 Å². The van der Waals surface area contributed by atoms with E-state index in [2.05, 4.69) is 15.2 Å². The molecule has 78 valence electrons. The second-order valence-corrected chi connectivity index (χ2v) is 3.20. The lowest BCUT2D eigenvalue weighted by atomic mass is 10.2. The molecule has 5 heteroatoms. The molecule has 1 aromatic rings. The van der Waals surface area contributed by atoms with Gasteiger partial charge in [-0.3, -0.25) is 9.48 Å². The van der Waals surface area contributed by atoms with Crippen LogP contribution in [0.3, 0.4) is 0 Å². The third-order valence-corrected chi connectivity index (χ3v) is 1.81. The summed E-state index contributed by atoms with van der Waals surface area (Å²) < 4.78 is 6.26. The van der Waals surface area contributed by atoms with Gasteiger partial charge in [-0.25, -0.2) is 0 Å². The van der Waals surface area contributed by atoms with Crippen LogP contribution >= 0.6 is 0 Å². The number of hydrogen-bond donors (Lipinski definition) is 1. The van der Waals surface area contributed by atoms with Gasteiger partial charge in [0, 0.05) is 25.4 Å². The lowest BCUT2D eigenvalue weighted by molar-refractivity contribution is -0.140. The van der Waals surface area contributed by atoms with Gasteiger partial charge in [-0.05, 0) is 6.92 Å². The number of esters is 1. The predicted octanol–water partition coefficient (Wildman–Crippen LogP) is 0.784. The van der Waals surface area contributed by atoms with Crippen LogP contribution in [0.25, 0.3) is 0 Å². The molecule has 0 spiro atoms. The Balaban J connectivity index is 2.41. The van der Waals surface area contributed by atoms with E-state index in [9.17, 15) is 4.79 Å². The number of rotatable bonds is 4. The van der Waals surface area contributed by atoms with Crippen LogP contribution in [0.5, 0.6) is 0 Å². The number of hydrogen-bond acceptors (Lipinski definition) is 4. The Labute approximate surface area is 83.1 Å². The molecule has 0 amide bonds. The highest BCUT2D eigenvalue weighted by atomic mass is 16.5. The summed E-state index contributed by atoms with van der Waals surface area (Å²) in [5.74, 6) is 0.546. The summed E-state index contributed by atoms with van der Waals surface area (Å²) in [6, 6.07) is 1.88. The monoisotopic (exact) mass is 197 g/mol. The molecule has 0 saturated heterocycles. The summed E-state index contributed by atoms with van der Waals surface area (Å²) in [5.41, 5.74) is 0. The van der Waals surface area contributed by atoms with E-state index in [1.807, 2.05) is 26.2 Å². The topological polar surface area (TPSA) is 56.1 Å². The first-order valence-corrected chi connectivity index (χ1v) is 4.45. The first kappa shape index (κ1) is 10.6. The van der Waals surface area contributed by atoms with Crippen molar-refractivity contribution in [1.29, 1.82) is 0 Å². The second-order valence-electron chi connectivity index (χ2n) is 3.20. The van der Waals surface area contributed by atoms with Crippen molar-refractivity contribution < 1.29 is 9.53 Å². The number of carbonyl (C=O) groups excluding carboxylic acids is 1. The summed E-state index contributed by atoms with van der Waals surface area (Å²) in [6.07, 6.45) is 2.18. The molecule has 14 heavy (non-hydrogen) atoms. The second kappa shape index (κ2) is 4.64. The van der Waals surface area contributed by atoms with Gasteiger partial charge >= 0.3 is 5.97 Å². The van der Waals surface area contributed by atoms with Crippen molar-refractivity contribution in [3.8, 4) is 0 Å². The van der Waals surface area contributed by atoms with E-state index in [4.69, 9.17) is 0 Å². The van der Waals surface area contributed by atoms with Crippen molar-refractivity contribution in [2.75, 3.05) is 12.4 Å². The van der Waals surface area contributed by atoms with Gasteiger partial charge in [-0.2, -0.15) is 5.10 Å². The molecule has 5 nitrogen and oxygen atoms in total. The van der Waals surface area contributed by atoms with Gasteiger partial charge in [0.15, 0.2) is 0 Å². The Morgan fingerprint density at radius 3 is 3.00 bits per heavy atom. The minimum Gasteiger partial charge on any atom is -0.469 e. The Bertz CT molecular complexity index is 309. The van der Waals surface area contributed by atoms with Crippen LogP contribution in [-0.4, -0.2) is 28.9 Å².